The van der Waals surface area contributed by atoms with Gasteiger partial charge in [-0.25, -0.2) is 33.8 Å². The molecule has 362 valence electrons. The third-order valence-corrected chi connectivity index (χ3v) is 12.8. The van der Waals surface area contributed by atoms with Crippen LogP contribution in [0.5, 0.6) is 0 Å². The van der Waals surface area contributed by atoms with Gasteiger partial charge in [0.15, 0.2) is 40.4 Å². The number of Topliss-reactive ketones (excluding diaryl/α,β-unsaturated/α-hetero) is 6. The topological polar surface area (TPSA) is 245 Å². The fraction of sp³-hybridized carbons (Fsp3) is 0.180. The van der Waals surface area contributed by atoms with Crippen molar-refractivity contribution in [2.24, 2.45) is 0 Å². The molecule has 22 heteroatoms. The molecule has 72 heavy (non-hydrogen) atoms. The Labute approximate surface area is 397 Å². The van der Waals surface area contributed by atoms with E-state index in [4.69, 9.17) is 0 Å². The largest absolute Gasteiger partial charge is 0.411 e. The van der Waals surface area contributed by atoms with Crippen molar-refractivity contribution < 1.29 is 98.1 Å². The molecule has 0 saturated carbocycles. The molecule has 0 radical (unpaired) electrons. The van der Waals surface area contributed by atoms with Gasteiger partial charge in [0, 0.05) is 33.2 Å². The predicted octanol–water partition coefficient (Wildman–Crippen LogP) is 7.43. The van der Waals surface area contributed by atoms with Crippen LogP contribution in [0.1, 0.15) is 180 Å². The van der Waals surface area contributed by atoms with Gasteiger partial charge in [0.05, 0.1) is 47.1 Å². The van der Waals surface area contributed by atoms with Crippen molar-refractivity contribution in [1.29, 1.82) is 0 Å². The monoisotopic (exact) mass is 993 g/mol. The van der Waals surface area contributed by atoms with Gasteiger partial charge < -0.3 is 14.2 Å². The van der Waals surface area contributed by atoms with E-state index in [1.54, 1.807) is 30.3 Å². The number of benzene rings is 4. The van der Waals surface area contributed by atoms with E-state index in [9.17, 15) is 83.9 Å². The van der Waals surface area contributed by atoms with Gasteiger partial charge in [0.1, 0.15) is 5.69 Å². The lowest BCUT2D eigenvalue weighted by molar-refractivity contribution is -0.288. The Bertz CT molecular complexity index is 3240. The average Bonchev–Trinajstić information content (AvgIpc) is 4.10. The maximum atomic E-state index is 14.2. The normalized spacial score (nSPS) is 16.6. The summed E-state index contributed by atoms with van der Waals surface area (Å²) >= 11 is 0. The second-order valence-electron chi connectivity index (χ2n) is 17.3. The molecule has 6 aliphatic rings. The molecule has 0 N–H and O–H groups in total. The van der Waals surface area contributed by atoms with Crippen LogP contribution < -0.4 is 0 Å². The van der Waals surface area contributed by atoms with Crippen molar-refractivity contribution in [3.05, 3.63) is 168 Å². The van der Waals surface area contributed by atoms with E-state index in [0.29, 0.717) is 41.5 Å². The molecule has 3 aliphatic carbocycles. The van der Waals surface area contributed by atoms with Crippen molar-refractivity contribution in [3.8, 4) is 0 Å². The van der Waals surface area contributed by atoms with Gasteiger partial charge in [-0.2, -0.15) is 26.3 Å². The number of carbonyl (C=O) groups is 12. The van der Waals surface area contributed by atoms with Crippen LogP contribution in [-0.2, 0) is 25.0 Å². The molecule has 0 spiro atoms. The number of ether oxygens (including phenoxy) is 3. The SMILES string of the molecule is CC(C)(c1ccc2c(c1)C(=O)CC2=O)c1ccc2c(c1)C(=O)OC2=O.O=C1CC(=O)c2cc(C(c3ccc4c(c3)C(=O)OC4=O)(C(F)(F)F)C(F)(F)F)ccc21.O=C1CC(=O)c2nc3c(cc21)C(=O)OC3=O. The molecule has 0 atom stereocenters. The molecular formula is C50H25F6NO15. The van der Waals surface area contributed by atoms with E-state index in [1.807, 2.05) is 19.9 Å². The van der Waals surface area contributed by atoms with Gasteiger partial charge in [-0.05, 0) is 64.7 Å². The number of aromatic nitrogens is 1. The number of pyridine rings is 1. The number of fused-ring (bicyclic) bond motifs is 6. The number of esters is 6. The Kier molecular flexibility index (Phi) is 10.9. The van der Waals surface area contributed by atoms with Crippen molar-refractivity contribution in [2.45, 2.75) is 56.3 Å². The molecule has 16 nitrogen and oxygen atoms in total. The first kappa shape index (κ1) is 48.1. The molecule has 11 rings (SSSR count). The van der Waals surface area contributed by atoms with E-state index < -0.39 is 111 Å². The van der Waals surface area contributed by atoms with Gasteiger partial charge >= 0.3 is 48.2 Å². The van der Waals surface area contributed by atoms with Gasteiger partial charge in [0.25, 0.3) is 0 Å². The molecule has 0 unspecified atom stereocenters. The van der Waals surface area contributed by atoms with Crippen molar-refractivity contribution in [2.75, 3.05) is 0 Å². The third-order valence-electron chi connectivity index (χ3n) is 12.8. The maximum Gasteiger partial charge on any atom is 0.411 e. The van der Waals surface area contributed by atoms with Crippen LogP contribution in [0.2, 0.25) is 0 Å². The summed E-state index contributed by atoms with van der Waals surface area (Å²) in [6, 6.07) is 14.5. The van der Waals surface area contributed by atoms with Gasteiger partial charge in [-0.1, -0.05) is 50.2 Å². The quantitative estimate of drug-likeness (QED) is 0.0735. The highest BCUT2D eigenvalue weighted by molar-refractivity contribution is 6.26. The highest BCUT2D eigenvalue weighted by Gasteiger charge is 2.73. The molecule has 0 amide bonds. The molecule has 3 aliphatic heterocycles. The Morgan fingerprint density at radius 2 is 0.681 bits per heavy atom. The molecule has 4 heterocycles. The lowest BCUT2D eigenvalue weighted by atomic mass is 9.71. The Morgan fingerprint density at radius 1 is 0.347 bits per heavy atom. The fourth-order valence-electron chi connectivity index (χ4n) is 9.03. The smallest absolute Gasteiger partial charge is 0.386 e. The lowest BCUT2D eigenvalue weighted by Gasteiger charge is -2.38. The van der Waals surface area contributed by atoms with Crippen LogP contribution in [0.4, 0.5) is 26.3 Å². The van der Waals surface area contributed by atoms with Crippen LogP contribution in [0.15, 0.2) is 78.9 Å². The number of ketones is 6. The summed E-state index contributed by atoms with van der Waals surface area (Å²) in [6.45, 7) is 3.92. The minimum absolute atomic E-state index is 0.0459. The van der Waals surface area contributed by atoms with E-state index in [-0.39, 0.29) is 69.4 Å². The number of rotatable bonds is 4. The predicted molar refractivity (Wildman–Crippen MR) is 224 cm³/mol. The first-order valence-corrected chi connectivity index (χ1v) is 20.9. The number of alkyl halides is 6. The van der Waals surface area contributed by atoms with Crippen LogP contribution in [-0.4, -0.2) is 87.9 Å². The number of hydrogen-bond acceptors (Lipinski definition) is 16. The van der Waals surface area contributed by atoms with Crippen molar-refractivity contribution in [3.63, 3.8) is 0 Å². The fourth-order valence-corrected chi connectivity index (χ4v) is 9.03. The molecule has 0 bridgehead atoms. The number of cyclic esters (lactones) is 6. The van der Waals surface area contributed by atoms with Crippen LogP contribution in [0, 0.1) is 0 Å². The molecule has 0 fully saturated rings. The van der Waals surface area contributed by atoms with E-state index in [1.165, 1.54) is 6.07 Å². The molecule has 4 aromatic carbocycles. The number of hydrogen-bond donors (Lipinski definition) is 0. The average molecular weight is 994 g/mol. The van der Waals surface area contributed by atoms with Crippen LogP contribution in [0.25, 0.3) is 0 Å². The summed E-state index contributed by atoms with van der Waals surface area (Å²) < 4.78 is 98.6. The second-order valence-corrected chi connectivity index (χ2v) is 17.3. The van der Waals surface area contributed by atoms with Crippen LogP contribution >= 0.6 is 0 Å². The van der Waals surface area contributed by atoms with E-state index in [0.717, 1.165) is 17.2 Å². The highest BCUT2D eigenvalue weighted by atomic mass is 19.4. The number of halogens is 6. The molecule has 0 saturated heterocycles. The maximum absolute atomic E-state index is 14.2. The molecule has 1 aromatic heterocycles. The zero-order valence-corrected chi connectivity index (χ0v) is 36.5. The summed E-state index contributed by atoms with van der Waals surface area (Å²) in [5, 5.41) is 0. The van der Waals surface area contributed by atoms with E-state index in [2.05, 4.69) is 19.2 Å². The van der Waals surface area contributed by atoms with Crippen molar-refractivity contribution in [1.82, 2.24) is 4.98 Å². The standard InChI is InChI=1S/C20H8F6O5.C20H14O5.C10H3NO5/c21-19(22,23)18(20(24,25)26,8-1-3-10-12(5-8)15(28)7-14(10)27)9-2-4-11-13(6-9)17(30)31-16(11)29;1-20(2,10-3-5-12-14(7-10)17(22)9-16(12)21)11-4-6-13-15(8-11)19(24)25-18(13)23;12-5-2-6(13)7-3(5)1-4-8(11-7)10(15)16-9(4)14/h1-6H,7H2;3-8H,9H2,1-2H3;1H,2H2. The summed E-state index contributed by atoms with van der Waals surface area (Å²) in [4.78, 5) is 143. The van der Waals surface area contributed by atoms with E-state index >= 15 is 0 Å². The zero-order valence-electron chi connectivity index (χ0n) is 36.5. The Balaban J connectivity index is 0.000000140. The number of nitrogens with zero attached hydrogens (tertiary/aromatic N) is 1. The lowest BCUT2D eigenvalue weighted by Crippen LogP contribution is -2.55. The van der Waals surface area contributed by atoms with Gasteiger partial charge in [-0.3, -0.25) is 28.8 Å². The summed E-state index contributed by atoms with van der Waals surface area (Å²) in [5.74, 6) is -8.32. The minimum Gasteiger partial charge on any atom is -0.386 e. The Morgan fingerprint density at radius 3 is 1.15 bits per heavy atom. The number of carbonyl (C=O) groups excluding carboxylic acids is 12. The summed E-state index contributed by atoms with van der Waals surface area (Å²) in [5.41, 5.74) is -7.04. The van der Waals surface area contributed by atoms with Gasteiger partial charge in [-0.15, -0.1) is 0 Å². The Hall–Kier alpha value is -8.95. The highest BCUT2D eigenvalue weighted by Crippen LogP contribution is 2.57. The molecular weight excluding hydrogens is 969 g/mol. The first-order valence-electron chi connectivity index (χ1n) is 20.9. The van der Waals surface area contributed by atoms with Gasteiger partial charge in [0.2, 0.25) is 5.41 Å². The third kappa shape index (κ3) is 7.35. The minimum atomic E-state index is -5.98. The zero-order chi connectivity index (χ0) is 52.3. The second kappa shape index (κ2) is 16.3. The summed E-state index contributed by atoms with van der Waals surface area (Å²) in [7, 11) is 0. The van der Waals surface area contributed by atoms with Crippen LogP contribution in [0.3, 0.4) is 0 Å². The first-order chi connectivity index (χ1) is 33.6. The molecule has 5 aromatic rings. The van der Waals surface area contributed by atoms with Crippen molar-refractivity contribution >= 4 is 70.5 Å². The summed E-state index contributed by atoms with van der Waals surface area (Å²) in [6.07, 6.45) is -12.9.